The number of nitrogens with zero attached hydrogens (tertiary/aromatic N) is 3. The van der Waals surface area contributed by atoms with Gasteiger partial charge in [0, 0.05) is 28.4 Å². The highest BCUT2D eigenvalue weighted by Crippen LogP contribution is 2.29. The van der Waals surface area contributed by atoms with Crippen molar-refractivity contribution in [3.8, 4) is 0 Å². The number of thiophene rings is 1. The number of rotatable bonds is 10. The summed E-state index contributed by atoms with van der Waals surface area (Å²) in [5.41, 5.74) is 11.7. The van der Waals surface area contributed by atoms with Crippen molar-refractivity contribution in [2.24, 2.45) is 5.73 Å². The van der Waals surface area contributed by atoms with E-state index in [1.54, 1.807) is 34.4 Å². The topological polar surface area (TPSA) is 93.2 Å². The molecule has 0 aliphatic carbocycles. The predicted molar refractivity (Wildman–Crippen MR) is 163 cm³/mol. The molecule has 0 radical (unpaired) electrons. The summed E-state index contributed by atoms with van der Waals surface area (Å²) in [4.78, 5) is 35.9. The van der Waals surface area contributed by atoms with E-state index in [2.05, 4.69) is 5.43 Å². The molecule has 5 aromatic rings. The first kappa shape index (κ1) is 27.6. The SMILES string of the molecule is Cc1ccc(C(=O)N(CCCN)C(Cc2cccs2)c2nc3cc(Cl)ccc3c(=O)n2Nc2ccccc2)cc1. The third-order valence-corrected chi connectivity index (χ3v) is 7.82. The highest BCUT2D eigenvalue weighted by atomic mass is 35.5. The monoisotopic (exact) mass is 571 g/mol. The van der Waals surface area contributed by atoms with Gasteiger partial charge in [-0.25, -0.2) is 9.66 Å². The summed E-state index contributed by atoms with van der Waals surface area (Å²) >= 11 is 7.92. The highest BCUT2D eigenvalue weighted by molar-refractivity contribution is 7.09. The summed E-state index contributed by atoms with van der Waals surface area (Å²) in [7, 11) is 0. The van der Waals surface area contributed by atoms with Crippen molar-refractivity contribution in [1.82, 2.24) is 14.6 Å². The lowest BCUT2D eigenvalue weighted by Gasteiger charge is -2.33. The van der Waals surface area contributed by atoms with Crippen LogP contribution in [0.3, 0.4) is 0 Å². The molecule has 40 heavy (non-hydrogen) atoms. The Hall–Kier alpha value is -3.98. The first-order valence-electron chi connectivity index (χ1n) is 13.1. The smallest absolute Gasteiger partial charge is 0.280 e. The van der Waals surface area contributed by atoms with Crippen molar-refractivity contribution >= 4 is 45.4 Å². The van der Waals surface area contributed by atoms with E-state index in [1.165, 1.54) is 4.68 Å². The molecule has 0 aliphatic heterocycles. The van der Waals surface area contributed by atoms with E-state index in [1.807, 2.05) is 79.0 Å². The number of fused-ring (bicyclic) bond motifs is 1. The fourth-order valence-electron chi connectivity index (χ4n) is 4.63. The first-order valence-corrected chi connectivity index (χ1v) is 14.3. The summed E-state index contributed by atoms with van der Waals surface area (Å²) < 4.78 is 1.46. The van der Waals surface area contributed by atoms with Gasteiger partial charge in [0.05, 0.1) is 22.6 Å². The van der Waals surface area contributed by atoms with E-state index in [0.29, 0.717) is 58.9 Å². The zero-order valence-corrected chi connectivity index (χ0v) is 23.7. The minimum Gasteiger partial charge on any atom is -0.330 e. The van der Waals surface area contributed by atoms with E-state index in [4.69, 9.17) is 22.3 Å². The first-order chi connectivity index (χ1) is 19.4. The summed E-state index contributed by atoms with van der Waals surface area (Å²) in [5.74, 6) is 0.260. The second-order valence-corrected chi connectivity index (χ2v) is 11.0. The number of halogens is 1. The fraction of sp³-hybridized carbons (Fsp3) is 0.194. The molecule has 3 N–H and O–H groups in total. The molecule has 5 rings (SSSR count). The number of anilines is 1. The molecule has 1 atom stereocenters. The molecule has 0 spiro atoms. The van der Waals surface area contributed by atoms with E-state index in [-0.39, 0.29) is 11.5 Å². The normalized spacial score (nSPS) is 11.9. The number of hydrogen-bond acceptors (Lipinski definition) is 6. The number of aromatic nitrogens is 2. The summed E-state index contributed by atoms with van der Waals surface area (Å²) in [6.45, 7) is 2.80. The quantitative estimate of drug-likeness (QED) is 0.212. The zero-order chi connectivity index (χ0) is 28.1. The molecule has 0 aliphatic rings. The van der Waals surface area contributed by atoms with E-state index in [0.717, 1.165) is 10.4 Å². The largest absolute Gasteiger partial charge is 0.330 e. The van der Waals surface area contributed by atoms with Gasteiger partial charge in [-0.1, -0.05) is 53.6 Å². The average molecular weight is 572 g/mol. The number of amides is 1. The van der Waals surface area contributed by atoms with Gasteiger partial charge in [-0.05, 0) is 73.8 Å². The lowest BCUT2D eigenvalue weighted by Crippen LogP contribution is -2.42. The maximum Gasteiger partial charge on any atom is 0.280 e. The van der Waals surface area contributed by atoms with Gasteiger partial charge in [0.15, 0.2) is 5.82 Å². The number of hydrogen-bond donors (Lipinski definition) is 2. The number of para-hydroxylation sites is 1. The van der Waals surface area contributed by atoms with Gasteiger partial charge in [-0.15, -0.1) is 11.3 Å². The Balaban J connectivity index is 1.73. The third-order valence-electron chi connectivity index (χ3n) is 6.68. The molecule has 2 aromatic heterocycles. The molecule has 0 saturated heterocycles. The molecule has 3 aromatic carbocycles. The fourth-order valence-corrected chi connectivity index (χ4v) is 5.54. The van der Waals surface area contributed by atoms with Gasteiger partial charge >= 0.3 is 0 Å². The standard InChI is InChI=1S/C31H30ClN5O2S/c1-21-10-12-22(13-11-21)30(38)36(17-6-16-33)28(20-25-9-5-18-40-25)29-34-27-19-23(32)14-15-26(27)31(39)37(29)35-24-7-3-2-4-8-24/h2-5,7-15,18-19,28,35H,6,16-17,20,33H2,1H3. The van der Waals surface area contributed by atoms with Crippen LogP contribution in [0.2, 0.25) is 5.02 Å². The number of aryl methyl sites for hydroxylation is 1. The molecule has 204 valence electrons. The van der Waals surface area contributed by atoms with Gasteiger partial charge in [0.1, 0.15) is 0 Å². The molecule has 2 heterocycles. The van der Waals surface area contributed by atoms with Crippen LogP contribution >= 0.6 is 22.9 Å². The molecule has 0 fully saturated rings. The maximum atomic E-state index is 14.1. The molecule has 1 amide bonds. The van der Waals surface area contributed by atoms with Crippen LogP contribution in [0.1, 0.15) is 39.1 Å². The van der Waals surface area contributed by atoms with E-state index in [9.17, 15) is 9.59 Å². The van der Waals surface area contributed by atoms with Crippen LogP contribution in [-0.4, -0.2) is 33.6 Å². The Bertz CT molecular complexity index is 1650. The molecule has 7 nitrogen and oxygen atoms in total. The number of benzene rings is 3. The van der Waals surface area contributed by atoms with Crippen molar-refractivity contribution in [2.45, 2.75) is 25.8 Å². The van der Waals surface area contributed by atoms with Crippen LogP contribution in [0.5, 0.6) is 0 Å². The van der Waals surface area contributed by atoms with Crippen LogP contribution in [0.15, 0.2) is 95.1 Å². The number of carbonyl (C=O) groups is 1. The van der Waals surface area contributed by atoms with Crippen LogP contribution in [0.4, 0.5) is 5.69 Å². The zero-order valence-electron chi connectivity index (χ0n) is 22.1. The summed E-state index contributed by atoms with van der Waals surface area (Å²) in [5, 5.41) is 2.90. The highest BCUT2D eigenvalue weighted by Gasteiger charge is 2.31. The summed E-state index contributed by atoms with van der Waals surface area (Å²) in [6, 6.07) is 25.4. The maximum absolute atomic E-state index is 14.1. The minimum atomic E-state index is -0.578. The van der Waals surface area contributed by atoms with Crippen molar-refractivity contribution < 1.29 is 4.79 Å². The Kier molecular flexibility index (Phi) is 8.60. The lowest BCUT2D eigenvalue weighted by molar-refractivity contribution is 0.0662. The van der Waals surface area contributed by atoms with Gasteiger partial charge in [-0.2, -0.15) is 0 Å². The van der Waals surface area contributed by atoms with Gasteiger partial charge in [-0.3, -0.25) is 15.0 Å². The van der Waals surface area contributed by atoms with Crippen molar-refractivity contribution in [3.63, 3.8) is 0 Å². The average Bonchev–Trinajstić information content (AvgIpc) is 3.48. The summed E-state index contributed by atoms with van der Waals surface area (Å²) in [6.07, 6.45) is 1.06. The second-order valence-electron chi connectivity index (χ2n) is 9.56. The van der Waals surface area contributed by atoms with Gasteiger partial charge in [0.2, 0.25) is 0 Å². The van der Waals surface area contributed by atoms with E-state index < -0.39 is 6.04 Å². The van der Waals surface area contributed by atoms with Crippen LogP contribution in [0.25, 0.3) is 10.9 Å². The third kappa shape index (κ3) is 6.09. The molecular formula is C31H30ClN5O2S. The molecule has 0 saturated carbocycles. The van der Waals surface area contributed by atoms with Gasteiger partial charge in [0.25, 0.3) is 11.5 Å². The minimum absolute atomic E-state index is 0.151. The molecular weight excluding hydrogens is 542 g/mol. The molecule has 0 bridgehead atoms. The number of nitrogens with two attached hydrogens (primary N) is 1. The van der Waals surface area contributed by atoms with E-state index >= 15 is 0 Å². The number of carbonyl (C=O) groups excluding carboxylic acids is 1. The molecule has 9 heteroatoms. The Morgan fingerprint density at radius 3 is 2.55 bits per heavy atom. The van der Waals surface area contributed by atoms with Crippen molar-refractivity contribution in [2.75, 3.05) is 18.5 Å². The van der Waals surface area contributed by atoms with Crippen molar-refractivity contribution in [1.29, 1.82) is 0 Å². The van der Waals surface area contributed by atoms with Crippen LogP contribution < -0.4 is 16.7 Å². The lowest BCUT2D eigenvalue weighted by atomic mass is 10.1. The second kappa shape index (κ2) is 12.5. The van der Waals surface area contributed by atoms with Gasteiger partial charge < -0.3 is 10.6 Å². The van der Waals surface area contributed by atoms with Crippen LogP contribution in [-0.2, 0) is 6.42 Å². The molecule has 1 unspecified atom stereocenters. The Morgan fingerprint density at radius 1 is 1.07 bits per heavy atom. The number of nitrogens with one attached hydrogen (secondary N) is 1. The van der Waals surface area contributed by atoms with Crippen LogP contribution in [0, 0.1) is 6.92 Å². The van der Waals surface area contributed by atoms with Crippen molar-refractivity contribution in [3.05, 3.63) is 128 Å². The Morgan fingerprint density at radius 2 is 1.85 bits per heavy atom. The Labute approximate surface area is 241 Å². The predicted octanol–water partition coefficient (Wildman–Crippen LogP) is 6.07.